The number of nitrogens with zero attached hydrogens (tertiary/aromatic N) is 4. The van der Waals surface area contributed by atoms with Crippen molar-refractivity contribution in [3.05, 3.63) is 62.1 Å². The lowest BCUT2D eigenvalue weighted by atomic mass is 10.2. The normalized spacial score (nSPS) is 12.4. The Kier molecular flexibility index (Phi) is 4.82. The molecule has 0 amide bonds. The van der Waals surface area contributed by atoms with Crippen molar-refractivity contribution in [1.29, 1.82) is 0 Å². The minimum absolute atomic E-state index is 0.0200. The number of non-ortho nitro benzene ring substituents is 1. The molecule has 1 unspecified atom stereocenters. The molecule has 0 spiro atoms. The minimum Gasteiger partial charge on any atom is -0.389 e. The number of hydrogen-bond donors (Lipinski definition) is 1. The Labute approximate surface area is 130 Å². The third kappa shape index (κ3) is 3.98. The van der Waals surface area contributed by atoms with E-state index in [0.29, 0.717) is 11.4 Å². The molecule has 1 N–H and O–H groups in total. The van der Waals surface area contributed by atoms with Crippen LogP contribution in [0, 0.1) is 20.2 Å². The van der Waals surface area contributed by atoms with E-state index in [1.165, 1.54) is 23.6 Å². The second-order valence-corrected chi connectivity index (χ2v) is 4.87. The van der Waals surface area contributed by atoms with Gasteiger partial charge >= 0.3 is 5.82 Å². The number of aliphatic hydroxyl groups excluding tert-OH is 1. The smallest absolute Gasteiger partial charge is 0.343 e. The van der Waals surface area contributed by atoms with E-state index in [2.05, 4.69) is 4.98 Å². The van der Waals surface area contributed by atoms with E-state index in [-0.39, 0.29) is 18.1 Å². The summed E-state index contributed by atoms with van der Waals surface area (Å²) in [6, 6.07) is 5.85. The second-order valence-electron chi connectivity index (χ2n) is 4.87. The fourth-order valence-corrected chi connectivity index (χ4v) is 1.99. The van der Waals surface area contributed by atoms with E-state index in [1.807, 2.05) is 0 Å². The molecule has 2 rings (SSSR count). The number of imidazole rings is 1. The van der Waals surface area contributed by atoms with Crippen molar-refractivity contribution in [3.8, 4) is 0 Å². The SMILES string of the molecule is CC(O)Cn1c([N+](=O)[O-])cnc1C=Cc1ccc([N+](=O)[O-])cc1. The fraction of sp³-hybridized carbons (Fsp3) is 0.214. The van der Waals surface area contributed by atoms with E-state index in [4.69, 9.17) is 0 Å². The van der Waals surface area contributed by atoms with Crippen molar-refractivity contribution in [2.45, 2.75) is 19.6 Å². The van der Waals surface area contributed by atoms with Crippen LogP contribution in [0.4, 0.5) is 11.5 Å². The topological polar surface area (TPSA) is 124 Å². The third-order valence-electron chi connectivity index (χ3n) is 3.03. The van der Waals surface area contributed by atoms with Gasteiger partial charge in [-0.1, -0.05) is 0 Å². The van der Waals surface area contributed by atoms with Crippen LogP contribution in [0.3, 0.4) is 0 Å². The van der Waals surface area contributed by atoms with Crippen LogP contribution in [0.1, 0.15) is 18.3 Å². The first kappa shape index (κ1) is 16.3. The molecule has 0 saturated carbocycles. The summed E-state index contributed by atoms with van der Waals surface area (Å²) in [6.07, 6.45) is 3.54. The molecule has 0 aliphatic heterocycles. The Morgan fingerprint density at radius 3 is 2.39 bits per heavy atom. The van der Waals surface area contributed by atoms with Gasteiger partial charge < -0.3 is 15.2 Å². The van der Waals surface area contributed by atoms with Crippen LogP contribution >= 0.6 is 0 Å². The molecule has 0 saturated heterocycles. The van der Waals surface area contributed by atoms with Gasteiger partial charge in [-0.2, -0.15) is 0 Å². The van der Waals surface area contributed by atoms with E-state index in [9.17, 15) is 25.3 Å². The van der Waals surface area contributed by atoms with E-state index >= 15 is 0 Å². The molecule has 0 radical (unpaired) electrons. The summed E-state index contributed by atoms with van der Waals surface area (Å²) < 4.78 is 1.30. The van der Waals surface area contributed by atoms with Gasteiger partial charge in [0.2, 0.25) is 5.82 Å². The van der Waals surface area contributed by atoms with Crippen molar-refractivity contribution in [3.63, 3.8) is 0 Å². The van der Waals surface area contributed by atoms with E-state index < -0.39 is 16.0 Å². The zero-order chi connectivity index (χ0) is 17.0. The summed E-state index contributed by atoms with van der Waals surface area (Å²) in [4.78, 5) is 24.5. The summed E-state index contributed by atoms with van der Waals surface area (Å²) in [6.45, 7) is 1.56. The summed E-state index contributed by atoms with van der Waals surface area (Å²) in [7, 11) is 0. The van der Waals surface area contributed by atoms with Gasteiger partial charge in [0.25, 0.3) is 5.69 Å². The van der Waals surface area contributed by atoms with Gasteiger partial charge in [0.1, 0.15) is 12.7 Å². The number of hydrogen-bond acceptors (Lipinski definition) is 6. The first-order valence-corrected chi connectivity index (χ1v) is 6.69. The summed E-state index contributed by atoms with van der Waals surface area (Å²) in [5.41, 5.74) is 0.665. The lowest BCUT2D eigenvalue weighted by molar-refractivity contribution is -0.392. The highest BCUT2D eigenvalue weighted by Crippen LogP contribution is 2.18. The van der Waals surface area contributed by atoms with Crippen LogP contribution in [0.25, 0.3) is 12.2 Å². The second kappa shape index (κ2) is 6.79. The third-order valence-corrected chi connectivity index (χ3v) is 3.03. The highest BCUT2D eigenvalue weighted by Gasteiger charge is 2.19. The standard InChI is InChI=1S/C14H14N4O5/c1-10(19)9-16-13(15-8-14(16)18(22)23)7-4-11-2-5-12(6-3-11)17(20)21/h2-8,10,19H,9H2,1H3. The van der Waals surface area contributed by atoms with Gasteiger partial charge in [-0.15, -0.1) is 0 Å². The number of rotatable bonds is 6. The Morgan fingerprint density at radius 1 is 1.22 bits per heavy atom. The fourth-order valence-electron chi connectivity index (χ4n) is 1.99. The molecule has 0 aliphatic carbocycles. The summed E-state index contributed by atoms with van der Waals surface area (Å²) >= 11 is 0. The number of nitro groups is 2. The number of benzene rings is 1. The molecule has 0 aliphatic rings. The van der Waals surface area contributed by atoms with Gasteiger partial charge in [0.05, 0.1) is 11.0 Å². The Hall–Kier alpha value is -3.07. The highest BCUT2D eigenvalue weighted by molar-refractivity contribution is 5.67. The maximum Gasteiger partial charge on any atom is 0.343 e. The molecule has 0 bridgehead atoms. The molecule has 1 aromatic heterocycles. The maximum absolute atomic E-state index is 11.0. The van der Waals surface area contributed by atoms with Crippen molar-refractivity contribution in [1.82, 2.24) is 9.55 Å². The molecule has 2 aromatic rings. The highest BCUT2D eigenvalue weighted by atomic mass is 16.6. The molecule has 9 nitrogen and oxygen atoms in total. The van der Waals surface area contributed by atoms with Crippen LogP contribution in [-0.2, 0) is 6.54 Å². The lowest BCUT2D eigenvalue weighted by Crippen LogP contribution is -2.14. The molecule has 9 heteroatoms. The molecule has 0 fully saturated rings. The monoisotopic (exact) mass is 318 g/mol. The Balaban J connectivity index is 2.28. The lowest BCUT2D eigenvalue weighted by Gasteiger charge is -2.04. The first-order valence-electron chi connectivity index (χ1n) is 6.69. The van der Waals surface area contributed by atoms with Gasteiger partial charge in [-0.25, -0.2) is 9.55 Å². The first-order chi connectivity index (χ1) is 10.9. The summed E-state index contributed by atoms with van der Waals surface area (Å²) in [5, 5.41) is 31.0. The number of nitro benzene ring substituents is 1. The molecule has 120 valence electrons. The van der Waals surface area contributed by atoms with Gasteiger partial charge in [0, 0.05) is 18.2 Å². The number of aromatic nitrogens is 2. The Bertz CT molecular complexity index is 749. The predicted molar refractivity (Wildman–Crippen MR) is 82.6 cm³/mol. The van der Waals surface area contributed by atoms with Crippen LogP contribution in [0.15, 0.2) is 30.5 Å². The molecule has 23 heavy (non-hydrogen) atoms. The average molecular weight is 318 g/mol. The minimum atomic E-state index is -0.769. The van der Waals surface area contributed by atoms with Crippen LogP contribution < -0.4 is 0 Å². The van der Waals surface area contributed by atoms with Crippen LogP contribution in [0.5, 0.6) is 0 Å². The van der Waals surface area contributed by atoms with Crippen molar-refractivity contribution in [2.75, 3.05) is 0 Å². The van der Waals surface area contributed by atoms with Crippen molar-refractivity contribution < 1.29 is 15.0 Å². The van der Waals surface area contributed by atoms with Gasteiger partial charge in [-0.05, 0) is 35.6 Å². The average Bonchev–Trinajstić information content (AvgIpc) is 2.87. The summed E-state index contributed by atoms with van der Waals surface area (Å²) in [5.74, 6) is 0.102. The van der Waals surface area contributed by atoms with Gasteiger partial charge in [0.15, 0.2) is 0 Å². The molecule has 1 aromatic carbocycles. The molecule has 1 heterocycles. The van der Waals surface area contributed by atoms with Crippen molar-refractivity contribution in [2.24, 2.45) is 0 Å². The molecular weight excluding hydrogens is 304 g/mol. The van der Waals surface area contributed by atoms with Crippen LogP contribution in [0.2, 0.25) is 0 Å². The van der Waals surface area contributed by atoms with E-state index in [1.54, 1.807) is 24.3 Å². The van der Waals surface area contributed by atoms with Crippen LogP contribution in [-0.4, -0.2) is 30.6 Å². The zero-order valence-electron chi connectivity index (χ0n) is 12.2. The largest absolute Gasteiger partial charge is 0.389 e. The Morgan fingerprint density at radius 2 is 1.87 bits per heavy atom. The maximum atomic E-state index is 11.0. The van der Waals surface area contributed by atoms with E-state index in [0.717, 1.165) is 6.20 Å². The predicted octanol–water partition coefficient (Wildman–Crippen LogP) is 2.25. The van der Waals surface area contributed by atoms with Gasteiger partial charge in [-0.3, -0.25) is 10.1 Å². The van der Waals surface area contributed by atoms with Crippen molar-refractivity contribution >= 4 is 23.7 Å². The number of aliphatic hydroxyl groups is 1. The molecule has 1 atom stereocenters. The zero-order valence-corrected chi connectivity index (χ0v) is 12.2. The quantitative estimate of drug-likeness (QED) is 0.643. The molecular formula is C14H14N4O5.